The summed E-state index contributed by atoms with van der Waals surface area (Å²) in [4.78, 5) is 12.9. The van der Waals surface area contributed by atoms with E-state index in [0.29, 0.717) is 0 Å². The Balaban J connectivity index is 2.31. The molecule has 0 saturated carbocycles. The van der Waals surface area contributed by atoms with E-state index in [9.17, 15) is 13.2 Å². The third-order valence-electron chi connectivity index (χ3n) is 2.59. The Morgan fingerprint density at radius 3 is 2.47 bits per heavy atom. The zero-order valence-corrected chi connectivity index (χ0v) is 10.9. The second-order valence-electron chi connectivity index (χ2n) is 4.07. The first kappa shape index (κ1) is 14.0. The van der Waals surface area contributed by atoms with Crippen molar-refractivity contribution in [3.05, 3.63) is 0 Å². The van der Waals surface area contributed by atoms with Gasteiger partial charge in [0.2, 0.25) is 5.91 Å². The van der Waals surface area contributed by atoms with Gasteiger partial charge in [-0.15, -0.1) is 0 Å². The second kappa shape index (κ2) is 6.03. The lowest BCUT2D eigenvalue weighted by atomic mass is 9.97. The molecule has 0 aliphatic carbocycles. The van der Waals surface area contributed by atoms with Gasteiger partial charge in [-0.25, -0.2) is 0 Å². The molecular formula is C11H17NO4S. The van der Waals surface area contributed by atoms with Crippen molar-refractivity contribution in [1.29, 1.82) is 0 Å². The molecule has 1 aliphatic heterocycles. The molecule has 5 nitrogen and oxygen atoms in total. The summed E-state index contributed by atoms with van der Waals surface area (Å²) in [6.45, 7) is 2.92. The smallest absolute Gasteiger partial charge is 0.265 e. The molecule has 0 spiro atoms. The fraction of sp³-hybridized carbons (Fsp3) is 0.727. The lowest BCUT2D eigenvalue weighted by Crippen LogP contribution is -2.36. The van der Waals surface area contributed by atoms with Crippen molar-refractivity contribution in [2.45, 2.75) is 19.8 Å². The zero-order chi connectivity index (χ0) is 12.9. The SMILES string of the molecule is CC(=O)N1CCC(C#CCOS(C)(=O)=O)CC1. The summed E-state index contributed by atoms with van der Waals surface area (Å²) in [6.07, 6.45) is 2.68. The van der Waals surface area contributed by atoms with E-state index in [4.69, 9.17) is 0 Å². The third-order valence-corrected chi connectivity index (χ3v) is 3.14. The molecule has 0 N–H and O–H groups in total. The monoisotopic (exact) mass is 259 g/mol. The zero-order valence-electron chi connectivity index (χ0n) is 10.1. The number of likely N-dealkylation sites (tertiary alicyclic amines) is 1. The molecule has 1 saturated heterocycles. The molecule has 17 heavy (non-hydrogen) atoms. The highest BCUT2D eigenvalue weighted by molar-refractivity contribution is 7.85. The number of piperidine rings is 1. The summed E-state index contributed by atoms with van der Waals surface area (Å²) >= 11 is 0. The molecule has 1 amide bonds. The van der Waals surface area contributed by atoms with Crippen LogP contribution >= 0.6 is 0 Å². The first-order valence-corrected chi connectivity index (χ1v) is 7.28. The maximum absolute atomic E-state index is 11.1. The van der Waals surface area contributed by atoms with Crippen LogP contribution in [0.25, 0.3) is 0 Å². The molecule has 6 heteroatoms. The van der Waals surface area contributed by atoms with Gasteiger partial charge in [0, 0.05) is 25.9 Å². The van der Waals surface area contributed by atoms with Gasteiger partial charge in [0.05, 0.1) is 6.26 Å². The van der Waals surface area contributed by atoms with Crippen molar-refractivity contribution < 1.29 is 17.4 Å². The highest BCUT2D eigenvalue weighted by Crippen LogP contribution is 2.15. The molecule has 0 bridgehead atoms. The Morgan fingerprint density at radius 2 is 2.00 bits per heavy atom. The van der Waals surface area contributed by atoms with E-state index in [-0.39, 0.29) is 18.4 Å². The maximum Gasteiger partial charge on any atom is 0.265 e. The number of amides is 1. The van der Waals surface area contributed by atoms with Crippen LogP contribution in [-0.2, 0) is 19.1 Å². The van der Waals surface area contributed by atoms with Gasteiger partial charge in [-0.05, 0) is 12.8 Å². The van der Waals surface area contributed by atoms with E-state index in [2.05, 4.69) is 16.0 Å². The first-order chi connectivity index (χ1) is 7.88. The number of carbonyl (C=O) groups is 1. The fourth-order valence-electron chi connectivity index (χ4n) is 1.66. The molecule has 1 rings (SSSR count). The van der Waals surface area contributed by atoms with Crippen molar-refractivity contribution in [1.82, 2.24) is 4.90 Å². The number of rotatable bonds is 2. The van der Waals surface area contributed by atoms with E-state index in [1.54, 1.807) is 11.8 Å². The summed E-state index contributed by atoms with van der Waals surface area (Å²) < 4.78 is 25.8. The Hall–Kier alpha value is -1.06. The van der Waals surface area contributed by atoms with Crippen molar-refractivity contribution in [3.63, 3.8) is 0 Å². The highest BCUT2D eigenvalue weighted by atomic mass is 32.2. The number of carbonyl (C=O) groups excluding carboxylic acids is 1. The van der Waals surface area contributed by atoms with Crippen molar-refractivity contribution in [2.75, 3.05) is 26.0 Å². The lowest BCUT2D eigenvalue weighted by molar-refractivity contribution is -0.129. The van der Waals surface area contributed by atoms with Crippen LogP contribution in [0.3, 0.4) is 0 Å². The Morgan fingerprint density at radius 1 is 1.41 bits per heavy atom. The minimum Gasteiger partial charge on any atom is -0.343 e. The quantitative estimate of drug-likeness (QED) is 0.526. The van der Waals surface area contributed by atoms with Gasteiger partial charge in [-0.3, -0.25) is 8.98 Å². The predicted octanol–water partition coefficient (Wildman–Crippen LogP) is 0.225. The Bertz CT molecular complexity index is 424. The molecule has 0 aromatic rings. The van der Waals surface area contributed by atoms with Gasteiger partial charge < -0.3 is 4.90 Å². The normalized spacial score (nSPS) is 17.4. The molecule has 0 radical (unpaired) electrons. The molecule has 1 heterocycles. The highest BCUT2D eigenvalue weighted by Gasteiger charge is 2.18. The second-order valence-corrected chi connectivity index (χ2v) is 5.71. The standard InChI is InChI=1S/C11H17NO4S/c1-10(13)12-7-5-11(6-8-12)4-3-9-16-17(2,14)15/h11H,5-9H2,1-2H3. The third kappa shape index (κ3) is 5.71. The summed E-state index contributed by atoms with van der Waals surface area (Å²) in [7, 11) is -3.40. The number of nitrogens with zero attached hydrogens (tertiary/aromatic N) is 1. The molecule has 0 unspecified atom stereocenters. The van der Waals surface area contributed by atoms with Gasteiger partial charge in [-0.2, -0.15) is 8.42 Å². The number of hydrogen-bond acceptors (Lipinski definition) is 4. The molecule has 0 aromatic heterocycles. The predicted molar refractivity (Wildman–Crippen MR) is 63.5 cm³/mol. The largest absolute Gasteiger partial charge is 0.343 e. The molecule has 0 atom stereocenters. The van der Waals surface area contributed by atoms with Crippen LogP contribution in [0.15, 0.2) is 0 Å². The topological polar surface area (TPSA) is 63.7 Å². The molecule has 1 fully saturated rings. The minimum absolute atomic E-state index is 0.0915. The summed E-state index contributed by atoms with van der Waals surface area (Å²) in [5, 5.41) is 0. The minimum atomic E-state index is -3.40. The van der Waals surface area contributed by atoms with Crippen LogP contribution in [0.1, 0.15) is 19.8 Å². The Labute approximate surface area is 102 Å². The van der Waals surface area contributed by atoms with Crippen LogP contribution in [-0.4, -0.2) is 45.2 Å². The fourth-order valence-corrected chi connectivity index (χ4v) is 1.93. The van der Waals surface area contributed by atoms with Crippen molar-refractivity contribution >= 4 is 16.0 Å². The van der Waals surface area contributed by atoms with Crippen molar-refractivity contribution in [3.8, 4) is 11.8 Å². The van der Waals surface area contributed by atoms with E-state index in [1.807, 2.05) is 0 Å². The lowest BCUT2D eigenvalue weighted by Gasteiger charge is -2.28. The van der Waals surface area contributed by atoms with Gasteiger partial charge >= 0.3 is 0 Å². The van der Waals surface area contributed by atoms with Gasteiger partial charge in [0.15, 0.2) is 0 Å². The van der Waals surface area contributed by atoms with Gasteiger partial charge in [-0.1, -0.05) is 11.8 Å². The maximum atomic E-state index is 11.1. The number of hydrogen-bond donors (Lipinski definition) is 0. The van der Waals surface area contributed by atoms with E-state index in [1.165, 1.54) is 0 Å². The molecular weight excluding hydrogens is 242 g/mol. The Kier molecular flexibility index (Phi) is 4.97. The van der Waals surface area contributed by atoms with Crippen LogP contribution in [0.2, 0.25) is 0 Å². The first-order valence-electron chi connectivity index (χ1n) is 5.47. The average Bonchev–Trinajstić information content (AvgIpc) is 2.24. The molecule has 0 aromatic carbocycles. The summed E-state index contributed by atoms with van der Waals surface area (Å²) in [5.74, 6) is 6.00. The van der Waals surface area contributed by atoms with Crippen LogP contribution in [0, 0.1) is 17.8 Å². The average molecular weight is 259 g/mol. The van der Waals surface area contributed by atoms with Crippen LogP contribution in [0.5, 0.6) is 0 Å². The molecule has 1 aliphatic rings. The van der Waals surface area contributed by atoms with E-state index < -0.39 is 10.1 Å². The molecule has 96 valence electrons. The van der Waals surface area contributed by atoms with Crippen LogP contribution in [0.4, 0.5) is 0 Å². The van der Waals surface area contributed by atoms with Gasteiger partial charge in [0.25, 0.3) is 10.1 Å². The van der Waals surface area contributed by atoms with Crippen LogP contribution < -0.4 is 0 Å². The van der Waals surface area contributed by atoms with E-state index in [0.717, 1.165) is 32.2 Å². The summed E-state index contributed by atoms with van der Waals surface area (Å²) in [5.41, 5.74) is 0. The van der Waals surface area contributed by atoms with E-state index >= 15 is 0 Å². The van der Waals surface area contributed by atoms with Gasteiger partial charge in [0.1, 0.15) is 6.61 Å². The summed E-state index contributed by atoms with van der Waals surface area (Å²) in [6, 6.07) is 0. The van der Waals surface area contributed by atoms with Crippen molar-refractivity contribution in [2.24, 2.45) is 5.92 Å².